The Hall–Kier alpha value is -2.81. The molecule has 5 N–H and O–H groups in total. The summed E-state index contributed by atoms with van der Waals surface area (Å²) in [5.74, 6) is -1.36. The van der Waals surface area contributed by atoms with Gasteiger partial charge in [-0.3, -0.25) is 9.59 Å². The van der Waals surface area contributed by atoms with Crippen LogP contribution >= 0.6 is 23.2 Å². The summed E-state index contributed by atoms with van der Waals surface area (Å²) in [6.07, 6.45) is -2.19. The van der Waals surface area contributed by atoms with Gasteiger partial charge in [-0.15, -0.1) is 0 Å². The maximum atomic E-state index is 12.2. The van der Waals surface area contributed by atoms with Crippen LogP contribution in [0.1, 0.15) is 17.5 Å². The predicted octanol–water partition coefficient (Wildman–Crippen LogP) is 2.18. The predicted molar refractivity (Wildman–Crippen MR) is 117 cm³/mol. The number of carbonyl (C=O) groups excluding carboxylic acids is 3. The number of halogens is 2. The SMILES string of the molecule is NC(=O)[C@H](Cc1ccc(Cl)cc1Cl)NC(=O)C[C@H](O)CNC(=O)OCc1ccccc1. The number of aliphatic hydroxyl groups excluding tert-OH is 1. The van der Waals surface area contributed by atoms with E-state index in [1.54, 1.807) is 24.3 Å². The van der Waals surface area contributed by atoms with Crippen molar-refractivity contribution in [3.05, 3.63) is 69.7 Å². The first kappa shape index (κ1) is 24.5. The van der Waals surface area contributed by atoms with Gasteiger partial charge in [-0.2, -0.15) is 0 Å². The van der Waals surface area contributed by atoms with Crippen LogP contribution in [0.15, 0.2) is 48.5 Å². The maximum Gasteiger partial charge on any atom is 0.407 e. The Bertz CT molecular complexity index is 911. The number of ether oxygens (including phenoxy) is 1. The maximum absolute atomic E-state index is 12.2. The average molecular weight is 468 g/mol. The molecule has 0 aromatic heterocycles. The molecule has 2 atom stereocenters. The van der Waals surface area contributed by atoms with E-state index in [-0.39, 0.29) is 26.0 Å². The van der Waals surface area contributed by atoms with Crippen LogP contribution in [-0.4, -0.2) is 41.7 Å². The van der Waals surface area contributed by atoms with Crippen molar-refractivity contribution in [3.8, 4) is 0 Å². The van der Waals surface area contributed by atoms with Gasteiger partial charge in [0.15, 0.2) is 0 Å². The van der Waals surface area contributed by atoms with E-state index >= 15 is 0 Å². The molecule has 2 aromatic carbocycles. The molecule has 0 radical (unpaired) electrons. The number of aliphatic hydroxyl groups is 1. The standard InChI is InChI=1S/C21H23Cl2N3O5/c22-15-7-6-14(17(23)9-15)8-18(20(24)29)26-19(28)10-16(27)11-25-21(30)31-12-13-4-2-1-3-5-13/h1-7,9,16,18,27H,8,10-12H2,(H2,24,29)(H,25,30)(H,26,28)/t16-,18-/m0/s1. The Morgan fingerprint density at radius 3 is 2.45 bits per heavy atom. The Morgan fingerprint density at radius 1 is 1.10 bits per heavy atom. The van der Waals surface area contributed by atoms with Crippen molar-refractivity contribution < 1.29 is 24.2 Å². The summed E-state index contributed by atoms with van der Waals surface area (Å²) in [6.45, 7) is -0.123. The molecular formula is C21H23Cl2N3O5. The van der Waals surface area contributed by atoms with Gasteiger partial charge in [-0.25, -0.2) is 4.79 Å². The van der Waals surface area contributed by atoms with Crippen molar-refractivity contribution in [2.75, 3.05) is 6.54 Å². The zero-order valence-electron chi connectivity index (χ0n) is 16.5. The molecule has 0 aliphatic heterocycles. The average Bonchev–Trinajstić information content (AvgIpc) is 2.72. The van der Waals surface area contributed by atoms with Crippen molar-refractivity contribution >= 4 is 41.1 Å². The highest BCUT2D eigenvalue weighted by molar-refractivity contribution is 6.35. The molecule has 0 spiro atoms. The first-order valence-electron chi connectivity index (χ1n) is 9.40. The quantitative estimate of drug-likeness (QED) is 0.425. The summed E-state index contributed by atoms with van der Waals surface area (Å²) in [4.78, 5) is 35.6. The number of primary amides is 1. The van der Waals surface area contributed by atoms with Crippen molar-refractivity contribution in [1.29, 1.82) is 0 Å². The van der Waals surface area contributed by atoms with Gasteiger partial charge in [0.1, 0.15) is 12.6 Å². The molecule has 2 aromatic rings. The number of hydrogen-bond donors (Lipinski definition) is 4. The van der Waals surface area contributed by atoms with Crippen LogP contribution in [0.25, 0.3) is 0 Å². The lowest BCUT2D eigenvalue weighted by atomic mass is 10.0. The van der Waals surface area contributed by atoms with Gasteiger partial charge in [0.05, 0.1) is 12.5 Å². The lowest BCUT2D eigenvalue weighted by Crippen LogP contribution is -2.47. The van der Waals surface area contributed by atoms with E-state index in [4.69, 9.17) is 33.7 Å². The highest BCUT2D eigenvalue weighted by Gasteiger charge is 2.21. The van der Waals surface area contributed by atoms with Gasteiger partial charge in [0, 0.05) is 23.0 Å². The molecule has 8 nitrogen and oxygen atoms in total. The number of nitrogens with two attached hydrogens (primary N) is 1. The molecule has 0 saturated carbocycles. The molecule has 0 heterocycles. The van der Waals surface area contributed by atoms with Crippen LogP contribution < -0.4 is 16.4 Å². The molecule has 0 fully saturated rings. The summed E-state index contributed by atoms with van der Waals surface area (Å²) in [5, 5.41) is 15.6. The Labute approximate surface area is 189 Å². The van der Waals surface area contributed by atoms with E-state index in [2.05, 4.69) is 10.6 Å². The van der Waals surface area contributed by atoms with Gasteiger partial charge in [0.2, 0.25) is 11.8 Å². The third-order valence-electron chi connectivity index (χ3n) is 4.23. The van der Waals surface area contributed by atoms with Crippen LogP contribution in [0.5, 0.6) is 0 Å². The summed E-state index contributed by atoms with van der Waals surface area (Å²) >= 11 is 11.9. The zero-order chi connectivity index (χ0) is 22.8. The van der Waals surface area contributed by atoms with E-state index in [1.807, 2.05) is 18.2 Å². The Morgan fingerprint density at radius 2 is 1.81 bits per heavy atom. The number of benzene rings is 2. The summed E-state index contributed by atoms with van der Waals surface area (Å²) < 4.78 is 5.02. The van der Waals surface area contributed by atoms with Crippen molar-refractivity contribution in [2.45, 2.75) is 31.6 Å². The molecule has 10 heteroatoms. The number of nitrogens with one attached hydrogen (secondary N) is 2. The summed E-state index contributed by atoms with van der Waals surface area (Å²) in [5.41, 5.74) is 6.76. The monoisotopic (exact) mass is 467 g/mol. The lowest BCUT2D eigenvalue weighted by Gasteiger charge is -2.18. The third kappa shape index (κ3) is 8.84. The molecule has 0 aliphatic carbocycles. The summed E-state index contributed by atoms with van der Waals surface area (Å²) in [7, 11) is 0. The van der Waals surface area contributed by atoms with Crippen molar-refractivity contribution in [2.24, 2.45) is 5.73 Å². The minimum atomic E-state index is -1.18. The fourth-order valence-electron chi connectivity index (χ4n) is 2.64. The first-order chi connectivity index (χ1) is 14.7. The second kappa shape index (κ2) is 12.1. The van der Waals surface area contributed by atoms with Crippen molar-refractivity contribution in [1.82, 2.24) is 10.6 Å². The topological polar surface area (TPSA) is 131 Å². The molecule has 2 rings (SSSR count). The largest absolute Gasteiger partial charge is 0.445 e. The molecule has 0 saturated heterocycles. The molecule has 166 valence electrons. The molecule has 0 bridgehead atoms. The number of amides is 3. The van der Waals surface area contributed by atoms with E-state index in [0.717, 1.165) is 5.56 Å². The number of hydrogen-bond acceptors (Lipinski definition) is 5. The van der Waals surface area contributed by atoms with Gasteiger partial charge in [0.25, 0.3) is 0 Å². The van der Waals surface area contributed by atoms with E-state index in [0.29, 0.717) is 15.6 Å². The Balaban J connectivity index is 1.77. The van der Waals surface area contributed by atoms with Crippen LogP contribution in [-0.2, 0) is 27.4 Å². The lowest BCUT2D eigenvalue weighted by molar-refractivity contribution is -0.128. The van der Waals surface area contributed by atoms with Crippen LogP contribution in [0.2, 0.25) is 10.0 Å². The number of alkyl carbamates (subject to hydrolysis) is 1. The van der Waals surface area contributed by atoms with Crippen LogP contribution in [0.3, 0.4) is 0 Å². The number of carbonyl (C=O) groups is 3. The van der Waals surface area contributed by atoms with Crippen molar-refractivity contribution in [3.63, 3.8) is 0 Å². The minimum Gasteiger partial charge on any atom is -0.445 e. The Kier molecular flexibility index (Phi) is 9.58. The van der Waals surface area contributed by atoms with Gasteiger partial charge in [-0.1, -0.05) is 59.6 Å². The minimum absolute atomic E-state index is 0.0667. The second-order valence-electron chi connectivity index (χ2n) is 6.76. The fraction of sp³-hybridized carbons (Fsp3) is 0.286. The molecule has 3 amide bonds. The zero-order valence-corrected chi connectivity index (χ0v) is 18.0. The smallest absolute Gasteiger partial charge is 0.407 e. The molecular weight excluding hydrogens is 445 g/mol. The van der Waals surface area contributed by atoms with Crippen LogP contribution in [0, 0.1) is 0 Å². The van der Waals surface area contributed by atoms with Gasteiger partial charge < -0.3 is 26.2 Å². The van der Waals surface area contributed by atoms with Crippen LogP contribution in [0.4, 0.5) is 4.79 Å². The van der Waals surface area contributed by atoms with Gasteiger partial charge >= 0.3 is 6.09 Å². The van der Waals surface area contributed by atoms with E-state index in [1.165, 1.54) is 6.07 Å². The van der Waals surface area contributed by atoms with Gasteiger partial charge in [-0.05, 0) is 23.3 Å². The molecule has 0 aliphatic rings. The normalized spacial score (nSPS) is 12.5. The molecule has 31 heavy (non-hydrogen) atoms. The first-order valence-corrected chi connectivity index (χ1v) is 10.2. The summed E-state index contributed by atoms with van der Waals surface area (Å²) in [6, 6.07) is 12.8. The van der Waals surface area contributed by atoms with E-state index < -0.39 is 30.1 Å². The highest BCUT2D eigenvalue weighted by atomic mass is 35.5. The van der Waals surface area contributed by atoms with E-state index in [9.17, 15) is 19.5 Å². The third-order valence-corrected chi connectivity index (χ3v) is 4.82. The second-order valence-corrected chi connectivity index (χ2v) is 7.61. The highest BCUT2D eigenvalue weighted by Crippen LogP contribution is 2.22. The fourth-order valence-corrected chi connectivity index (χ4v) is 3.13. The molecule has 0 unspecified atom stereocenters. The number of rotatable bonds is 10.